The summed E-state index contributed by atoms with van der Waals surface area (Å²) in [7, 11) is 1.32. The van der Waals surface area contributed by atoms with Crippen molar-refractivity contribution in [2.45, 2.75) is 12.3 Å². The highest BCUT2D eigenvalue weighted by Gasteiger charge is 2.14. The third-order valence-electron chi connectivity index (χ3n) is 3.88. The van der Waals surface area contributed by atoms with Crippen molar-refractivity contribution in [2.24, 2.45) is 0 Å². The molecule has 0 bridgehead atoms. The molecule has 1 aromatic heterocycles. The van der Waals surface area contributed by atoms with E-state index in [2.05, 4.69) is 10.3 Å². The molecule has 1 amide bonds. The molecular weight excluding hydrogens is 350 g/mol. The topological polar surface area (TPSA) is 73.2 Å². The Morgan fingerprint density at radius 3 is 2.77 bits per heavy atom. The van der Waals surface area contributed by atoms with Gasteiger partial charge in [0.15, 0.2) is 0 Å². The van der Waals surface area contributed by atoms with Gasteiger partial charge in [-0.2, -0.15) is 11.8 Å². The number of aromatic nitrogens is 2. The van der Waals surface area contributed by atoms with Crippen LogP contribution >= 0.6 is 11.8 Å². The summed E-state index contributed by atoms with van der Waals surface area (Å²) in [5, 5.41) is 2.83. The highest BCUT2D eigenvalue weighted by atomic mass is 32.2. The maximum atomic E-state index is 12.5. The van der Waals surface area contributed by atoms with Crippen molar-refractivity contribution in [3.63, 3.8) is 0 Å². The molecule has 26 heavy (non-hydrogen) atoms. The van der Waals surface area contributed by atoms with E-state index in [1.54, 1.807) is 36.0 Å². The number of rotatable bonds is 6. The molecule has 134 valence electrons. The summed E-state index contributed by atoms with van der Waals surface area (Å²) in [5.74, 6) is 0.957. The van der Waals surface area contributed by atoms with Crippen molar-refractivity contribution < 1.29 is 14.3 Å². The fourth-order valence-corrected chi connectivity index (χ4v) is 3.21. The van der Waals surface area contributed by atoms with E-state index in [0.29, 0.717) is 11.3 Å². The average molecular weight is 369 g/mol. The molecule has 0 fully saturated rings. The van der Waals surface area contributed by atoms with Crippen molar-refractivity contribution >= 4 is 40.4 Å². The van der Waals surface area contributed by atoms with E-state index in [4.69, 9.17) is 4.74 Å². The Bertz CT molecular complexity index is 952. The number of hydrogen-bond acceptors (Lipinski definition) is 5. The zero-order valence-corrected chi connectivity index (χ0v) is 15.4. The monoisotopic (exact) mass is 369 g/mol. The van der Waals surface area contributed by atoms with Crippen LogP contribution in [-0.2, 0) is 21.8 Å². The van der Waals surface area contributed by atoms with Gasteiger partial charge < -0.3 is 14.6 Å². The molecule has 3 rings (SSSR count). The van der Waals surface area contributed by atoms with Crippen molar-refractivity contribution in [3.05, 3.63) is 59.9 Å². The molecule has 0 saturated carbocycles. The zero-order chi connectivity index (χ0) is 18.5. The number of imidazole rings is 1. The molecule has 0 saturated heterocycles. The Morgan fingerprint density at radius 1 is 1.19 bits per heavy atom. The van der Waals surface area contributed by atoms with Crippen LogP contribution < -0.4 is 5.32 Å². The lowest BCUT2D eigenvalue weighted by atomic mass is 10.2. The predicted octanol–water partition coefficient (Wildman–Crippen LogP) is 3.32. The van der Waals surface area contributed by atoms with Crippen LogP contribution in [0.25, 0.3) is 11.0 Å². The Kier molecular flexibility index (Phi) is 5.58. The Labute approximate surface area is 155 Å². The Balaban J connectivity index is 1.81. The van der Waals surface area contributed by atoms with Gasteiger partial charge in [-0.05, 0) is 36.6 Å². The molecule has 0 aliphatic heterocycles. The minimum absolute atomic E-state index is 0.152. The Morgan fingerprint density at radius 2 is 2.00 bits per heavy atom. The number of hydrogen-bond donors (Lipinski definition) is 1. The van der Waals surface area contributed by atoms with Gasteiger partial charge in [0.05, 0.1) is 29.5 Å². The Hall–Kier alpha value is -2.80. The predicted molar refractivity (Wildman–Crippen MR) is 103 cm³/mol. The number of amides is 1. The maximum absolute atomic E-state index is 12.5. The first-order chi connectivity index (χ1) is 12.6. The molecule has 0 atom stereocenters. The van der Waals surface area contributed by atoms with Gasteiger partial charge in [0.2, 0.25) is 5.91 Å². The second-order valence-corrected chi connectivity index (χ2v) is 6.52. The third kappa shape index (κ3) is 3.88. The molecule has 6 nitrogen and oxygen atoms in total. The normalized spacial score (nSPS) is 10.7. The van der Waals surface area contributed by atoms with Gasteiger partial charge in [-0.3, -0.25) is 4.79 Å². The molecule has 2 aromatic carbocycles. The molecule has 1 heterocycles. The van der Waals surface area contributed by atoms with E-state index < -0.39 is 5.97 Å². The van der Waals surface area contributed by atoms with Gasteiger partial charge >= 0.3 is 5.97 Å². The van der Waals surface area contributed by atoms with E-state index in [1.807, 2.05) is 35.1 Å². The van der Waals surface area contributed by atoms with Gasteiger partial charge in [0, 0.05) is 5.69 Å². The quantitative estimate of drug-likeness (QED) is 0.675. The van der Waals surface area contributed by atoms with Crippen molar-refractivity contribution in [1.29, 1.82) is 0 Å². The molecule has 3 aromatic rings. The fourth-order valence-electron chi connectivity index (χ4n) is 2.73. The first-order valence-corrected chi connectivity index (χ1v) is 9.43. The average Bonchev–Trinajstić information content (AvgIpc) is 2.99. The highest BCUT2D eigenvalue weighted by Crippen LogP contribution is 2.19. The van der Waals surface area contributed by atoms with Gasteiger partial charge in [-0.15, -0.1) is 0 Å². The van der Waals surface area contributed by atoms with Crippen LogP contribution in [0.3, 0.4) is 0 Å². The second kappa shape index (κ2) is 8.05. The lowest BCUT2D eigenvalue weighted by molar-refractivity contribution is -0.116. The number of benzene rings is 2. The summed E-state index contributed by atoms with van der Waals surface area (Å²) >= 11 is 1.66. The number of para-hydroxylation sites is 2. The fraction of sp³-hybridized carbons (Fsp3) is 0.211. The van der Waals surface area contributed by atoms with Crippen molar-refractivity contribution in [2.75, 3.05) is 18.7 Å². The van der Waals surface area contributed by atoms with Crippen molar-refractivity contribution in [1.82, 2.24) is 9.55 Å². The SMILES string of the molecule is COC(=O)c1cccc(NC(=O)Cn2c(CSC)nc3ccccc32)c1. The number of nitrogens with one attached hydrogen (secondary N) is 1. The number of nitrogens with zero attached hydrogens (tertiary/aromatic N) is 2. The molecule has 0 spiro atoms. The van der Waals surface area contributed by atoms with E-state index in [1.165, 1.54) is 7.11 Å². The van der Waals surface area contributed by atoms with E-state index in [9.17, 15) is 9.59 Å². The number of esters is 1. The van der Waals surface area contributed by atoms with Gasteiger partial charge in [0.1, 0.15) is 12.4 Å². The number of anilines is 1. The summed E-state index contributed by atoms with van der Waals surface area (Å²) in [6.45, 7) is 0.152. The van der Waals surface area contributed by atoms with Crippen LogP contribution in [0, 0.1) is 0 Å². The minimum atomic E-state index is -0.441. The third-order valence-corrected chi connectivity index (χ3v) is 4.42. The van der Waals surface area contributed by atoms with Gasteiger partial charge in [0.25, 0.3) is 0 Å². The molecule has 7 heteroatoms. The summed E-state index contributed by atoms with van der Waals surface area (Å²) in [6, 6.07) is 14.4. The van der Waals surface area contributed by atoms with Gasteiger partial charge in [-0.25, -0.2) is 9.78 Å². The molecule has 0 unspecified atom stereocenters. The minimum Gasteiger partial charge on any atom is -0.465 e. The first kappa shape index (κ1) is 18.0. The second-order valence-electron chi connectivity index (χ2n) is 5.66. The van der Waals surface area contributed by atoms with Gasteiger partial charge in [-0.1, -0.05) is 18.2 Å². The van der Waals surface area contributed by atoms with Crippen LogP contribution in [0.5, 0.6) is 0 Å². The molecule has 0 aliphatic carbocycles. The largest absolute Gasteiger partial charge is 0.465 e. The molecule has 0 radical (unpaired) electrons. The van der Waals surface area contributed by atoms with Crippen LogP contribution in [0.15, 0.2) is 48.5 Å². The lowest BCUT2D eigenvalue weighted by Gasteiger charge is -2.10. The molecular formula is C19H19N3O3S. The maximum Gasteiger partial charge on any atom is 0.337 e. The number of carbonyl (C=O) groups is 2. The smallest absolute Gasteiger partial charge is 0.337 e. The summed E-state index contributed by atoms with van der Waals surface area (Å²) in [4.78, 5) is 28.8. The number of fused-ring (bicyclic) bond motifs is 1. The van der Waals surface area contributed by atoms with Crippen LogP contribution in [0.4, 0.5) is 5.69 Å². The lowest BCUT2D eigenvalue weighted by Crippen LogP contribution is -2.20. The number of thioether (sulfide) groups is 1. The van der Waals surface area contributed by atoms with Crippen LogP contribution in [0.2, 0.25) is 0 Å². The zero-order valence-electron chi connectivity index (χ0n) is 14.6. The summed E-state index contributed by atoms with van der Waals surface area (Å²) < 4.78 is 6.63. The number of methoxy groups -OCH3 is 1. The first-order valence-electron chi connectivity index (χ1n) is 8.03. The molecule has 1 N–H and O–H groups in total. The number of ether oxygens (including phenoxy) is 1. The van der Waals surface area contributed by atoms with Crippen molar-refractivity contribution in [3.8, 4) is 0 Å². The summed E-state index contributed by atoms with van der Waals surface area (Å²) in [6.07, 6.45) is 2.00. The highest BCUT2D eigenvalue weighted by molar-refractivity contribution is 7.97. The standard InChI is InChI=1S/C19H19N3O3S/c1-25-19(24)13-6-5-7-14(10-13)20-18(23)11-22-16-9-4-3-8-15(16)21-17(22)12-26-2/h3-10H,11-12H2,1-2H3,(H,20,23). The van der Waals surface area contributed by atoms with Crippen LogP contribution in [0.1, 0.15) is 16.2 Å². The van der Waals surface area contributed by atoms with E-state index in [-0.39, 0.29) is 12.5 Å². The molecule has 0 aliphatic rings. The van der Waals surface area contributed by atoms with E-state index in [0.717, 1.165) is 22.6 Å². The van der Waals surface area contributed by atoms with Crippen LogP contribution in [-0.4, -0.2) is 34.8 Å². The van der Waals surface area contributed by atoms with E-state index >= 15 is 0 Å². The summed E-state index contributed by atoms with van der Waals surface area (Å²) in [5.41, 5.74) is 2.74. The number of carbonyl (C=O) groups excluding carboxylic acids is 2.